The van der Waals surface area contributed by atoms with E-state index in [4.69, 9.17) is 4.42 Å². The highest BCUT2D eigenvalue weighted by atomic mass is 16.3. The predicted octanol–water partition coefficient (Wildman–Crippen LogP) is 13.5. The first-order valence-electron chi connectivity index (χ1n) is 17.4. The molecule has 0 saturated carbocycles. The van der Waals surface area contributed by atoms with E-state index in [1.807, 2.05) is 0 Å². The number of nitrogens with zero attached hydrogens (tertiary/aromatic N) is 2. The summed E-state index contributed by atoms with van der Waals surface area (Å²) in [7, 11) is 0. The van der Waals surface area contributed by atoms with Crippen molar-refractivity contribution in [2.24, 2.45) is 0 Å². The van der Waals surface area contributed by atoms with Gasteiger partial charge in [-0.2, -0.15) is 0 Å². The summed E-state index contributed by atoms with van der Waals surface area (Å²) in [6, 6.07) is 68.9. The molecule has 51 heavy (non-hydrogen) atoms. The Morgan fingerprint density at radius 3 is 1.73 bits per heavy atom. The van der Waals surface area contributed by atoms with Crippen molar-refractivity contribution in [1.29, 1.82) is 0 Å². The molecule has 240 valence electrons. The normalized spacial score (nSPS) is 11.5. The van der Waals surface area contributed by atoms with Crippen LogP contribution in [0.3, 0.4) is 0 Å². The Morgan fingerprint density at radius 2 is 0.961 bits per heavy atom. The molecule has 0 aliphatic heterocycles. The Labute approximate surface area is 295 Å². The Hall–Kier alpha value is -6.84. The molecule has 0 unspecified atom stereocenters. The fourth-order valence-corrected chi connectivity index (χ4v) is 7.67. The zero-order valence-electron chi connectivity index (χ0n) is 27.8. The molecule has 3 heteroatoms. The van der Waals surface area contributed by atoms with Crippen LogP contribution in [0.15, 0.2) is 199 Å². The van der Waals surface area contributed by atoms with Crippen molar-refractivity contribution < 1.29 is 4.42 Å². The number of anilines is 3. The van der Waals surface area contributed by atoms with Crippen LogP contribution in [0.1, 0.15) is 0 Å². The molecule has 0 N–H and O–H groups in total. The van der Waals surface area contributed by atoms with Crippen LogP contribution in [0.4, 0.5) is 17.1 Å². The Balaban J connectivity index is 1.16. The van der Waals surface area contributed by atoms with Crippen LogP contribution in [0.2, 0.25) is 0 Å². The molecule has 0 aliphatic carbocycles. The van der Waals surface area contributed by atoms with Gasteiger partial charge in [0.1, 0.15) is 11.2 Å². The first-order valence-corrected chi connectivity index (χ1v) is 17.4. The van der Waals surface area contributed by atoms with E-state index in [1.54, 1.807) is 0 Å². The maximum absolute atomic E-state index is 6.72. The third kappa shape index (κ3) is 4.90. The summed E-state index contributed by atoms with van der Waals surface area (Å²) in [5, 5.41) is 4.65. The monoisotopic (exact) mass is 652 g/mol. The van der Waals surface area contributed by atoms with Gasteiger partial charge in [-0.25, -0.2) is 0 Å². The van der Waals surface area contributed by atoms with Gasteiger partial charge in [0.25, 0.3) is 0 Å². The summed E-state index contributed by atoms with van der Waals surface area (Å²) in [5.41, 5.74) is 13.2. The SMILES string of the molecule is c1ccc(-c2cccc(N(c3ccccc3)c3ccc4c(c3)oc3ccc5c(c6ccccc6n5-c5cccc(-c6ccccc6)c5)c34)c2)cc1. The van der Waals surface area contributed by atoms with Gasteiger partial charge in [-0.3, -0.25) is 0 Å². The third-order valence-electron chi connectivity index (χ3n) is 9.95. The van der Waals surface area contributed by atoms with Crippen molar-refractivity contribution in [3.63, 3.8) is 0 Å². The topological polar surface area (TPSA) is 21.3 Å². The number of rotatable bonds is 6. The maximum Gasteiger partial charge on any atom is 0.137 e. The van der Waals surface area contributed by atoms with E-state index in [2.05, 4.69) is 204 Å². The fraction of sp³-hybridized carbons (Fsp3) is 0. The number of fused-ring (bicyclic) bond motifs is 7. The van der Waals surface area contributed by atoms with Gasteiger partial charge in [0.05, 0.1) is 11.0 Å². The molecule has 2 heterocycles. The van der Waals surface area contributed by atoms with Gasteiger partial charge < -0.3 is 13.9 Å². The summed E-state index contributed by atoms with van der Waals surface area (Å²) < 4.78 is 9.11. The van der Waals surface area contributed by atoms with Crippen LogP contribution in [0.5, 0.6) is 0 Å². The minimum Gasteiger partial charge on any atom is -0.456 e. The number of furan rings is 1. The molecule has 10 aromatic rings. The number of hydrogen-bond acceptors (Lipinski definition) is 2. The molecule has 0 amide bonds. The van der Waals surface area contributed by atoms with Crippen LogP contribution in [0, 0.1) is 0 Å². The van der Waals surface area contributed by atoms with Crippen molar-refractivity contribution in [2.45, 2.75) is 0 Å². The lowest BCUT2D eigenvalue weighted by molar-refractivity contribution is 0.669. The maximum atomic E-state index is 6.72. The molecule has 8 aromatic carbocycles. The molecule has 0 saturated heterocycles. The van der Waals surface area contributed by atoms with Gasteiger partial charge >= 0.3 is 0 Å². The Morgan fingerprint density at radius 1 is 0.353 bits per heavy atom. The lowest BCUT2D eigenvalue weighted by atomic mass is 10.0. The van der Waals surface area contributed by atoms with E-state index in [0.717, 1.165) is 50.2 Å². The highest BCUT2D eigenvalue weighted by Crippen LogP contribution is 2.44. The van der Waals surface area contributed by atoms with Gasteiger partial charge in [0, 0.05) is 50.4 Å². The van der Waals surface area contributed by atoms with Crippen molar-refractivity contribution in [2.75, 3.05) is 4.90 Å². The molecule has 10 rings (SSSR count). The number of aromatic nitrogens is 1. The highest BCUT2D eigenvalue weighted by Gasteiger charge is 2.21. The lowest BCUT2D eigenvalue weighted by Crippen LogP contribution is -2.09. The van der Waals surface area contributed by atoms with E-state index >= 15 is 0 Å². The fourth-order valence-electron chi connectivity index (χ4n) is 7.67. The van der Waals surface area contributed by atoms with Crippen molar-refractivity contribution in [1.82, 2.24) is 4.57 Å². The van der Waals surface area contributed by atoms with Gasteiger partial charge in [0.2, 0.25) is 0 Å². The largest absolute Gasteiger partial charge is 0.456 e. The van der Waals surface area contributed by atoms with Crippen molar-refractivity contribution in [3.05, 3.63) is 194 Å². The lowest BCUT2D eigenvalue weighted by Gasteiger charge is -2.26. The molecule has 0 fully saturated rings. The molecule has 0 bridgehead atoms. The average molecular weight is 653 g/mol. The van der Waals surface area contributed by atoms with Crippen LogP contribution < -0.4 is 4.90 Å². The molecule has 0 atom stereocenters. The molecule has 0 spiro atoms. The van der Waals surface area contributed by atoms with Gasteiger partial charge in [-0.15, -0.1) is 0 Å². The summed E-state index contributed by atoms with van der Waals surface area (Å²) in [6.45, 7) is 0. The van der Waals surface area contributed by atoms with E-state index in [-0.39, 0.29) is 0 Å². The Bertz CT molecular complexity index is 2850. The predicted molar refractivity (Wildman–Crippen MR) is 214 cm³/mol. The first-order chi connectivity index (χ1) is 25.3. The second kappa shape index (κ2) is 11.9. The third-order valence-corrected chi connectivity index (χ3v) is 9.95. The van der Waals surface area contributed by atoms with Crippen molar-refractivity contribution >= 4 is 60.8 Å². The van der Waals surface area contributed by atoms with Crippen LogP contribution in [-0.4, -0.2) is 4.57 Å². The summed E-state index contributed by atoms with van der Waals surface area (Å²) in [6.07, 6.45) is 0. The highest BCUT2D eigenvalue weighted by molar-refractivity contribution is 6.27. The second-order valence-corrected chi connectivity index (χ2v) is 13.0. The van der Waals surface area contributed by atoms with Crippen LogP contribution >= 0.6 is 0 Å². The second-order valence-electron chi connectivity index (χ2n) is 13.0. The minimum absolute atomic E-state index is 0.859. The van der Waals surface area contributed by atoms with Crippen LogP contribution in [-0.2, 0) is 0 Å². The quantitative estimate of drug-likeness (QED) is 0.178. The number of para-hydroxylation sites is 2. The first kappa shape index (κ1) is 29.1. The van der Waals surface area contributed by atoms with E-state index in [0.29, 0.717) is 0 Å². The van der Waals surface area contributed by atoms with Crippen molar-refractivity contribution in [3.8, 4) is 27.9 Å². The molecular formula is C48H32N2O. The Kier molecular flexibility index (Phi) is 6.81. The molecule has 0 radical (unpaired) electrons. The minimum atomic E-state index is 0.859. The van der Waals surface area contributed by atoms with E-state index in [9.17, 15) is 0 Å². The summed E-state index contributed by atoms with van der Waals surface area (Å²) >= 11 is 0. The molecule has 2 aromatic heterocycles. The summed E-state index contributed by atoms with van der Waals surface area (Å²) in [5.74, 6) is 0. The van der Waals surface area contributed by atoms with Crippen LogP contribution in [0.25, 0.3) is 71.7 Å². The molecular weight excluding hydrogens is 621 g/mol. The van der Waals surface area contributed by atoms with Gasteiger partial charge in [0.15, 0.2) is 0 Å². The van der Waals surface area contributed by atoms with Gasteiger partial charge in [-0.05, 0) is 89.0 Å². The molecule has 0 aliphatic rings. The number of benzene rings is 8. The standard InChI is InChI=1S/C48H32N2O/c1-4-14-33(15-5-1)35-18-12-22-38(30-35)49(37-20-8-3-9-21-37)40-26-27-42-46(32-40)51-45-29-28-44-47(48(42)45)41-24-10-11-25-43(41)50(44)39-23-13-19-36(31-39)34-16-6-2-7-17-34/h1-32H. The zero-order chi connectivity index (χ0) is 33.7. The zero-order valence-corrected chi connectivity index (χ0v) is 27.8. The van der Waals surface area contributed by atoms with E-state index in [1.165, 1.54) is 38.5 Å². The van der Waals surface area contributed by atoms with E-state index < -0.39 is 0 Å². The van der Waals surface area contributed by atoms with Gasteiger partial charge in [-0.1, -0.05) is 121 Å². The smallest absolute Gasteiger partial charge is 0.137 e. The molecule has 3 nitrogen and oxygen atoms in total. The number of hydrogen-bond donors (Lipinski definition) is 0. The average Bonchev–Trinajstić information content (AvgIpc) is 3.74. The summed E-state index contributed by atoms with van der Waals surface area (Å²) in [4.78, 5) is 2.31.